The van der Waals surface area contributed by atoms with Crippen LogP contribution in [0, 0.1) is 0 Å². The quantitative estimate of drug-likeness (QED) is 0.454. The van der Waals surface area contributed by atoms with Crippen LogP contribution < -0.4 is 13.1 Å². The van der Waals surface area contributed by atoms with Crippen LogP contribution in [0.5, 0.6) is 0 Å². The Labute approximate surface area is 172 Å². The molecule has 0 nitrogen and oxygen atoms in total. The van der Waals surface area contributed by atoms with Crippen LogP contribution in [0.2, 0.25) is 0 Å². The van der Waals surface area contributed by atoms with E-state index in [1.54, 1.807) is 13.1 Å². The molecule has 1 aliphatic rings. The Morgan fingerprint density at radius 3 is 1.15 bits per heavy atom. The van der Waals surface area contributed by atoms with E-state index >= 15 is 0 Å². The van der Waals surface area contributed by atoms with Crippen molar-refractivity contribution in [3.05, 3.63) is 125 Å². The molecule has 0 bridgehead atoms. The van der Waals surface area contributed by atoms with Gasteiger partial charge in [0.05, 0.1) is 0 Å². The normalized spacial score (nSPS) is 23.2. The molecule has 3 aromatic rings. The molecular formula is C24H21As3. The number of hydrogen-bond donors (Lipinski definition) is 0. The molecule has 0 aliphatic carbocycles. The Kier molecular flexibility index (Phi) is 6.76. The number of allylic oxidation sites excluding steroid dienone is 4. The van der Waals surface area contributed by atoms with Gasteiger partial charge in [0.1, 0.15) is 0 Å². The summed E-state index contributed by atoms with van der Waals surface area (Å²) in [5, 5.41) is 0. The molecular weight excluding hydrogens is 513 g/mol. The first-order chi connectivity index (χ1) is 13.4. The summed E-state index contributed by atoms with van der Waals surface area (Å²) >= 11 is -2.63. The molecule has 3 unspecified atom stereocenters. The van der Waals surface area contributed by atoms with E-state index in [1.807, 2.05) is 0 Å². The van der Waals surface area contributed by atoms with Crippen molar-refractivity contribution < 1.29 is 0 Å². The molecule has 132 valence electrons. The molecule has 1 heterocycles. The maximum absolute atomic E-state index is 2.60. The van der Waals surface area contributed by atoms with Gasteiger partial charge in [-0.15, -0.1) is 0 Å². The van der Waals surface area contributed by atoms with Crippen LogP contribution in [0.1, 0.15) is 0 Å². The molecule has 0 fully saturated rings. The van der Waals surface area contributed by atoms with E-state index in [-0.39, 0.29) is 0 Å². The molecule has 1 aliphatic heterocycles. The van der Waals surface area contributed by atoms with Crippen molar-refractivity contribution in [2.24, 2.45) is 0 Å². The van der Waals surface area contributed by atoms with Crippen molar-refractivity contribution in [1.29, 1.82) is 0 Å². The second kappa shape index (κ2) is 9.66. The molecule has 27 heavy (non-hydrogen) atoms. The summed E-state index contributed by atoms with van der Waals surface area (Å²) in [7, 11) is -1.28. The Morgan fingerprint density at radius 1 is 0.370 bits per heavy atom. The Bertz CT molecular complexity index is 872. The summed E-state index contributed by atoms with van der Waals surface area (Å²) in [5.41, 5.74) is 0. The van der Waals surface area contributed by atoms with Crippen LogP contribution >= 0.6 is 0 Å². The van der Waals surface area contributed by atoms with Gasteiger partial charge in [-0.2, -0.15) is 0 Å². The Balaban J connectivity index is 1.90. The molecule has 0 aromatic heterocycles. The van der Waals surface area contributed by atoms with Crippen LogP contribution in [0.25, 0.3) is 0 Å². The van der Waals surface area contributed by atoms with Crippen LogP contribution in [0.4, 0.5) is 0 Å². The summed E-state index contributed by atoms with van der Waals surface area (Å²) < 4.78 is 4.85. The Hall–Kier alpha value is -1.44. The summed E-state index contributed by atoms with van der Waals surface area (Å²) in [4.78, 5) is 5.20. The van der Waals surface area contributed by atoms with Gasteiger partial charge in [-0.25, -0.2) is 0 Å². The zero-order valence-corrected chi connectivity index (χ0v) is 20.6. The molecule has 3 atom stereocenters. The van der Waals surface area contributed by atoms with Crippen LogP contribution in [0.3, 0.4) is 0 Å². The van der Waals surface area contributed by atoms with Gasteiger partial charge in [-0.1, -0.05) is 0 Å². The van der Waals surface area contributed by atoms with E-state index in [9.17, 15) is 0 Å². The maximum atomic E-state index is 2.60. The first-order valence-electron chi connectivity index (χ1n) is 8.99. The SMILES string of the molecule is C1=C/C=C/[As](c2ccccc2)[As](c2ccccc2)[As](c2ccccc2)C=C1. The monoisotopic (exact) mass is 534 g/mol. The summed E-state index contributed by atoms with van der Waals surface area (Å²) in [5.74, 6) is 0. The van der Waals surface area contributed by atoms with Gasteiger partial charge in [-0.05, 0) is 0 Å². The van der Waals surface area contributed by atoms with Gasteiger partial charge in [0.2, 0.25) is 0 Å². The Morgan fingerprint density at radius 2 is 0.741 bits per heavy atom. The van der Waals surface area contributed by atoms with E-state index in [1.165, 1.54) is 0 Å². The fourth-order valence-electron chi connectivity index (χ4n) is 2.98. The third kappa shape index (κ3) is 4.70. The molecule has 3 heteroatoms. The van der Waals surface area contributed by atoms with E-state index in [2.05, 4.69) is 125 Å². The topological polar surface area (TPSA) is 0 Å². The van der Waals surface area contributed by atoms with E-state index < -0.39 is 35.7 Å². The molecule has 0 saturated carbocycles. The van der Waals surface area contributed by atoms with Crippen molar-refractivity contribution in [2.45, 2.75) is 0 Å². The fourth-order valence-corrected chi connectivity index (χ4v) is 63.6. The molecule has 3 aromatic carbocycles. The van der Waals surface area contributed by atoms with Crippen LogP contribution in [-0.2, 0) is 0 Å². The summed E-state index contributed by atoms with van der Waals surface area (Å²) in [6.45, 7) is 0. The molecule has 0 radical (unpaired) electrons. The minimum atomic E-state index is -1.32. The van der Waals surface area contributed by atoms with Gasteiger partial charge in [-0.3, -0.25) is 0 Å². The summed E-state index contributed by atoms with van der Waals surface area (Å²) in [6, 6.07) is 34.1. The average molecular weight is 534 g/mol. The van der Waals surface area contributed by atoms with Crippen molar-refractivity contribution >= 4 is 48.7 Å². The van der Waals surface area contributed by atoms with Crippen LogP contribution in [0.15, 0.2) is 125 Å². The first kappa shape index (κ1) is 18.9. The first-order valence-corrected chi connectivity index (χ1v) is 24.4. The minimum absolute atomic E-state index is 1.28. The second-order valence-electron chi connectivity index (χ2n) is 6.05. The van der Waals surface area contributed by atoms with Gasteiger partial charge >= 0.3 is 174 Å². The zero-order chi connectivity index (χ0) is 18.3. The van der Waals surface area contributed by atoms with Gasteiger partial charge in [0.25, 0.3) is 0 Å². The fraction of sp³-hybridized carbons (Fsp3) is 0. The third-order valence-electron chi connectivity index (χ3n) is 4.22. The third-order valence-corrected chi connectivity index (χ3v) is 56.6. The van der Waals surface area contributed by atoms with Gasteiger partial charge in [0, 0.05) is 0 Å². The van der Waals surface area contributed by atoms with E-state index in [0.717, 1.165) is 0 Å². The van der Waals surface area contributed by atoms with Gasteiger partial charge in [0.15, 0.2) is 0 Å². The van der Waals surface area contributed by atoms with E-state index in [0.29, 0.717) is 0 Å². The summed E-state index contributed by atoms with van der Waals surface area (Å²) in [6.07, 6.45) is 9.04. The predicted octanol–water partition coefficient (Wildman–Crippen LogP) is 3.11. The molecule has 0 N–H and O–H groups in total. The molecule has 0 saturated heterocycles. The van der Waals surface area contributed by atoms with Gasteiger partial charge < -0.3 is 0 Å². The second-order valence-corrected chi connectivity index (χ2v) is 40.5. The van der Waals surface area contributed by atoms with E-state index in [4.69, 9.17) is 0 Å². The van der Waals surface area contributed by atoms with Crippen molar-refractivity contribution in [2.75, 3.05) is 0 Å². The molecule has 0 spiro atoms. The number of benzene rings is 3. The average Bonchev–Trinajstić information content (AvgIpc) is 2.86. The predicted molar refractivity (Wildman–Crippen MR) is 123 cm³/mol. The van der Waals surface area contributed by atoms with Crippen molar-refractivity contribution in [3.63, 3.8) is 0 Å². The van der Waals surface area contributed by atoms with Crippen molar-refractivity contribution in [3.8, 4) is 0 Å². The number of rotatable bonds is 3. The zero-order valence-electron chi connectivity index (χ0n) is 15.0. The standard InChI is InChI=1S/C24H21As3/c1-2-13-21-26(23-16-8-4-9-17-23)27(24-18-10-5-11-19-24)25(20-12-1)22-14-6-3-7-15-22/h1-21H/b2-1?,20-12+,21-13?. The van der Waals surface area contributed by atoms with Crippen molar-refractivity contribution in [1.82, 2.24) is 0 Å². The van der Waals surface area contributed by atoms with Crippen LogP contribution in [-0.4, -0.2) is 35.7 Å². The molecule has 0 amide bonds. The number of hydrogen-bond acceptors (Lipinski definition) is 0. The molecule has 4 rings (SSSR count).